The van der Waals surface area contributed by atoms with E-state index in [0.29, 0.717) is 30.6 Å². The highest BCUT2D eigenvalue weighted by Crippen LogP contribution is 2.32. The van der Waals surface area contributed by atoms with Crippen molar-refractivity contribution in [1.82, 2.24) is 4.90 Å². The number of hydrogen-bond acceptors (Lipinski definition) is 4. The van der Waals surface area contributed by atoms with Gasteiger partial charge < -0.3 is 10.2 Å². The molecule has 0 spiro atoms. The molecule has 1 heterocycles. The Morgan fingerprint density at radius 1 is 1.43 bits per heavy atom. The van der Waals surface area contributed by atoms with Crippen molar-refractivity contribution in [3.8, 4) is 0 Å². The molecule has 0 saturated heterocycles. The fourth-order valence-electron chi connectivity index (χ4n) is 2.23. The molecule has 21 heavy (non-hydrogen) atoms. The fraction of sp³-hybridized carbons (Fsp3) is 0.417. The molecular weight excluding hydrogens is 291 g/mol. The number of nitrogens with zero attached hydrogens (tertiary/aromatic N) is 2. The smallest absolute Gasteiger partial charge is 0.318 e. The van der Waals surface area contributed by atoms with Gasteiger partial charge in [0.25, 0.3) is 5.69 Å². The number of carbonyl (C=O) groups excluding carboxylic acids is 1. The molecule has 0 fully saturated rings. The summed E-state index contributed by atoms with van der Waals surface area (Å²) in [6.07, 6.45) is -4.62. The normalized spacial score (nSPS) is 15.4. The van der Waals surface area contributed by atoms with Gasteiger partial charge in [0.1, 0.15) is 0 Å². The molecule has 0 bridgehead atoms. The third-order valence-corrected chi connectivity index (χ3v) is 3.23. The van der Waals surface area contributed by atoms with Crippen LogP contribution in [0.4, 0.5) is 24.5 Å². The predicted octanol–water partition coefficient (Wildman–Crippen LogP) is 2.08. The second-order valence-electron chi connectivity index (χ2n) is 4.83. The summed E-state index contributed by atoms with van der Waals surface area (Å²) < 4.78 is 37.0. The number of amides is 1. The van der Waals surface area contributed by atoms with E-state index < -0.39 is 17.0 Å². The van der Waals surface area contributed by atoms with Gasteiger partial charge >= 0.3 is 12.1 Å². The zero-order valence-corrected chi connectivity index (χ0v) is 11.0. The summed E-state index contributed by atoms with van der Waals surface area (Å²) in [7, 11) is 1.80. The maximum atomic E-state index is 12.3. The summed E-state index contributed by atoms with van der Waals surface area (Å²) in [6, 6.07) is 2.29. The van der Waals surface area contributed by atoms with Gasteiger partial charge in [-0.3, -0.25) is 14.9 Å². The van der Waals surface area contributed by atoms with Crippen molar-refractivity contribution >= 4 is 17.3 Å². The Kier molecular flexibility index (Phi) is 3.86. The minimum absolute atomic E-state index is 0.144. The minimum Gasteiger partial charge on any atom is -0.318 e. The van der Waals surface area contributed by atoms with E-state index in [-0.39, 0.29) is 11.4 Å². The molecule has 1 aliphatic heterocycles. The Morgan fingerprint density at radius 3 is 2.67 bits per heavy atom. The Labute approximate surface area is 117 Å². The lowest BCUT2D eigenvalue weighted by Gasteiger charge is -2.26. The molecule has 2 rings (SSSR count). The number of non-ortho nitro benzene ring substituents is 1. The van der Waals surface area contributed by atoms with Crippen LogP contribution in [-0.4, -0.2) is 35.5 Å². The van der Waals surface area contributed by atoms with E-state index >= 15 is 0 Å². The quantitative estimate of drug-likeness (QED) is 0.670. The number of nitrogens with one attached hydrogen (secondary N) is 1. The highest BCUT2D eigenvalue weighted by Gasteiger charge is 2.39. The first-order chi connectivity index (χ1) is 9.68. The van der Waals surface area contributed by atoms with E-state index in [1.54, 1.807) is 12.4 Å². The number of likely N-dealkylation sites (N-methyl/N-ethyl adjacent to an activating group) is 1. The second-order valence-corrected chi connectivity index (χ2v) is 4.83. The third-order valence-electron chi connectivity index (χ3n) is 3.23. The molecule has 0 aliphatic carbocycles. The van der Waals surface area contributed by atoms with E-state index in [4.69, 9.17) is 0 Å². The molecule has 114 valence electrons. The molecule has 9 heteroatoms. The van der Waals surface area contributed by atoms with Crippen LogP contribution in [0.25, 0.3) is 0 Å². The maximum Gasteiger partial charge on any atom is 0.471 e. The van der Waals surface area contributed by atoms with Crippen molar-refractivity contribution in [2.45, 2.75) is 19.1 Å². The Hall–Kier alpha value is -2.16. The molecule has 6 nitrogen and oxygen atoms in total. The van der Waals surface area contributed by atoms with E-state index in [1.165, 1.54) is 6.07 Å². The lowest BCUT2D eigenvalue weighted by Crippen LogP contribution is -2.32. The Balaban J connectivity index is 2.44. The number of rotatable bonds is 2. The number of carbonyl (C=O) groups is 1. The van der Waals surface area contributed by atoms with Gasteiger partial charge in [-0.1, -0.05) is 0 Å². The summed E-state index contributed by atoms with van der Waals surface area (Å²) in [4.78, 5) is 23.1. The van der Waals surface area contributed by atoms with Crippen molar-refractivity contribution in [2.24, 2.45) is 0 Å². The van der Waals surface area contributed by atoms with Crippen molar-refractivity contribution in [1.29, 1.82) is 0 Å². The Morgan fingerprint density at radius 2 is 2.10 bits per heavy atom. The molecule has 1 amide bonds. The Bertz CT molecular complexity index is 601. The molecule has 0 atom stereocenters. The molecular formula is C12H12F3N3O3. The molecule has 1 N–H and O–H groups in total. The molecule has 1 aliphatic rings. The maximum absolute atomic E-state index is 12.3. The summed E-state index contributed by atoms with van der Waals surface area (Å²) in [6.45, 7) is 0.978. The van der Waals surface area contributed by atoms with Gasteiger partial charge in [-0.05, 0) is 24.6 Å². The van der Waals surface area contributed by atoms with Gasteiger partial charge in [0.05, 0.1) is 10.6 Å². The van der Waals surface area contributed by atoms with Crippen LogP contribution in [0.2, 0.25) is 0 Å². The first kappa shape index (κ1) is 15.2. The topological polar surface area (TPSA) is 75.5 Å². The standard InChI is InChI=1S/C12H12F3N3O3/c1-17-3-2-9-7(6-17)4-8(18(20)21)5-10(9)16-11(19)12(13,14)15/h4-5H,2-3,6H2,1H3,(H,16,19). The van der Waals surface area contributed by atoms with Gasteiger partial charge in [-0.15, -0.1) is 0 Å². The van der Waals surface area contributed by atoms with Gasteiger partial charge in [0.2, 0.25) is 0 Å². The van der Waals surface area contributed by atoms with Gasteiger partial charge in [0.15, 0.2) is 0 Å². The summed E-state index contributed by atoms with van der Waals surface area (Å²) in [5.41, 5.74) is 0.572. The van der Waals surface area contributed by atoms with Gasteiger partial charge in [-0.25, -0.2) is 0 Å². The van der Waals surface area contributed by atoms with E-state index in [2.05, 4.69) is 0 Å². The molecule has 1 aromatic rings. The number of hydrogen-bond donors (Lipinski definition) is 1. The molecule has 0 saturated carbocycles. The van der Waals surface area contributed by atoms with Crippen LogP contribution in [-0.2, 0) is 17.8 Å². The number of benzene rings is 1. The number of fused-ring (bicyclic) bond motifs is 1. The van der Waals surface area contributed by atoms with Crippen LogP contribution in [0.15, 0.2) is 12.1 Å². The number of halogens is 3. The number of alkyl halides is 3. The van der Waals surface area contributed by atoms with Gasteiger partial charge in [-0.2, -0.15) is 13.2 Å². The molecule has 0 aromatic heterocycles. The average Bonchev–Trinajstić information content (AvgIpc) is 2.36. The fourth-order valence-corrected chi connectivity index (χ4v) is 2.23. The second kappa shape index (κ2) is 5.32. The van der Waals surface area contributed by atoms with Crippen molar-refractivity contribution in [3.05, 3.63) is 33.4 Å². The first-order valence-electron chi connectivity index (χ1n) is 6.05. The predicted molar refractivity (Wildman–Crippen MR) is 67.8 cm³/mol. The van der Waals surface area contributed by atoms with Gasteiger partial charge in [0, 0.05) is 25.2 Å². The highest BCUT2D eigenvalue weighted by atomic mass is 19.4. The summed E-state index contributed by atoms with van der Waals surface area (Å²) >= 11 is 0. The minimum atomic E-state index is -5.04. The van der Waals surface area contributed by atoms with Crippen LogP contribution in [0, 0.1) is 10.1 Å². The molecule has 0 unspecified atom stereocenters. The summed E-state index contributed by atoms with van der Waals surface area (Å²) in [5, 5.41) is 12.6. The lowest BCUT2D eigenvalue weighted by atomic mass is 9.97. The first-order valence-corrected chi connectivity index (χ1v) is 6.05. The van der Waals surface area contributed by atoms with E-state index in [0.717, 1.165) is 6.07 Å². The van der Waals surface area contributed by atoms with Crippen molar-refractivity contribution in [2.75, 3.05) is 18.9 Å². The number of nitro benzene ring substituents is 1. The average molecular weight is 303 g/mol. The van der Waals surface area contributed by atoms with E-state index in [1.807, 2.05) is 4.90 Å². The highest BCUT2D eigenvalue weighted by molar-refractivity contribution is 5.96. The number of anilines is 1. The molecule has 1 aromatic carbocycles. The zero-order chi connectivity index (χ0) is 15.8. The van der Waals surface area contributed by atoms with Crippen molar-refractivity contribution in [3.63, 3.8) is 0 Å². The van der Waals surface area contributed by atoms with Crippen LogP contribution in [0.3, 0.4) is 0 Å². The van der Waals surface area contributed by atoms with E-state index in [9.17, 15) is 28.1 Å². The zero-order valence-electron chi connectivity index (χ0n) is 11.0. The largest absolute Gasteiger partial charge is 0.471 e. The van der Waals surface area contributed by atoms with Crippen LogP contribution in [0.5, 0.6) is 0 Å². The monoisotopic (exact) mass is 303 g/mol. The van der Waals surface area contributed by atoms with Crippen LogP contribution < -0.4 is 5.32 Å². The summed E-state index contributed by atoms with van der Waals surface area (Å²) in [5.74, 6) is -2.14. The SMILES string of the molecule is CN1CCc2c(cc([N+](=O)[O-])cc2NC(=O)C(F)(F)F)C1. The molecule has 0 radical (unpaired) electrons. The van der Waals surface area contributed by atoms with Crippen LogP contribution >= 0.6 is 0 Å². The van der Waals surface area contributed by atoms with Crippen LogP contribution in [0.1, 0.15) is 11.1 Å². The lowest BCUT2D eigenvalue weighted by molar-refractivity contribution is -0.384. The number of nitro groups is 1. The van der Waals surface area contributed by atoms with Crippen molar-refractivity contribution < 1.29 is 22.9 Å². The third kappa shape index (κ3) is 3.30.